The number of carbonyl (C=O) groups excluding carboxylic acids is 2. The fraction of sp³-hybridized carbons (Fsp3) is 0.485. The minimum atomic E-state index is -0.0564. The molecule has 2 heterocycles. The largest absolute Gasteiger partial charge is 0.379 e. The zero-order chi connectivity index (χ0) is 26.8. The molecule has 39 heavy (non-hydrogen) atoms. The zero-order valence-electron chi connectivity index (χ0n) is 23.0. The second-order valence-electron chi connectivity index (χ2n) is 11.7. The normalized spacial score (nSPS) is 18.8. The Morgan fingerprint density at radius 3 is 2.46 bits per heavy atom. The van der Waals surface area contributed by atoms with Crippen molar-refractivity contribution in [1.82, 2.24) is 15.1 Å². The number of benzene rings is 2. The van der Waals surface area contributed by atoms with Gasteiger partial charge in [-0.1, -0.05) is 17.9 Å². The minimum absolute atomic E-state index is 0.0564. The number of carbonyl (C=O) groups is 2. The van der Waals surface area contributed by atoms with E-state index in [1.54, 1.807) is 0 Å². The highest BCUT2D eigenvalue weighted by atomic mass is 16.5. The van der Waals surface area contributed by atoms with Gasteiger partial charge in [0.05, 0.1) is 6.61 Å². The molecule has 2 aromatic carbocycles. The summed E-state index contributed by atoms with van der Waals surface area (Å²) in [5, 5.41) is 5.07. The molecule has 2 aliphatic heterocycles. The van der Waals surface area contributed by atoms with E-state index in [0.717, 1.165) is 66.6 Å². The Morgan fingerprint density at radius 2 is 1.74 bits per heavy atom. The van der Waals surface area contributed by atoms with Gasteiger partial charge in [-0.25, -0.2) is 0 Å². The van der Waals surface area contributed by atoms with E-state index in [4.69, 9.17) is 4.74 Å². The monoisotopic (exact) mass is 525 g/mol. The average Bonchev–Trinajstić information content (AvgIpc) is 3.88. The van der Waals surface area contributed by atoms with Gasteiger partial charge in [0, 0.05) is 66.8 Å². The first-order valence-corrected chi connectivity index (χ1v) is 14.6. The van der Waals surface area contributed by atoms with E-state index in [0.29, 0.717) is 30.6 Å². The fourth-order valence-corrected chi connectivity index (χ4v) is 5.71. The quantitative estimate of drug-likeness (QED) is 0.482. The van der Waals surface area contributed by atoms with Crippen molar-refractivity contribution in [3.05, 3.63) is 75.3 Å². The van der Waals surface area contributed by atoms with Gasteiger partial charge in [-0.3, -0.25) is 9.59 Å². The van der Waals surface area contributed by atoms with Crippen LogP contribution in [0.15, 0.2) is 42.6 Å². The summed E-state index contributed by atoms with van der Waals surface area (Å²) in [5.41, 5.74) is 7.25. The van der Waals surface area contributed by atoms with E-state index in [2.05, 4.69) is 34.3 Å². The summed E-state index contributed by atoms with van der Waals surface area (Å²) in [5.74, 6) is 2.04. The van der Waals surface area contributed by atoms with Crippen molar-refractivity contribution >= 4 is 23.7 Å². The van der Waals surface area contributed by atoms with E-state index in [1.165, 1.54) is 31.2 Å². The van der Waals surface area contributed by atoms with E-state index in [9.17, 15) is 9.59 Å². The standard InChI is InChI=1S/C33H39N3O3/c1-23-30(32(37)34-15-19-39-22-25-2-3-25)11-10-28-14-16-35(21-31(23)28)20-24-12-17-36(18-13-24)33(38)29-8-6-27(7-9-29)26-4-5-26/h6-11,16,21,24-26H,2-5,12-13,15,17-20,22H2,1H3,(H,34,37). The molecule has 2 aliphatic carbocycles. The van der Waals surface area contributed by atoms with Crippen LogP contribution in [0.1, 0.15) is 76.3 Å². The molecule has 4 aliphatic rings. The smallest absolute Gasteiger partial charge is 0.253 e. The molecule has 204 valence electrons. The van der Waals surface area contributed by atoms with Crippen LogP contribution in [-0.4, -0.2) is 61.0 Å². The molecule has 6 rings (SSSR count). The number of ether oxygens (including phenoxy) is 1. The van der Waals surface area contributed by atoms with Crippen LogP contribution in [0.5, 0.6) is 0 Å². The molecule has 2 amide bonds. The van der Waals surface area contributed by atoms with Crippen molar-refractivity contribution < 1.29 is 14.3 Å². The Balaban J connectivity index is 1.02. The maximum absolute atomic E-state index is 13.0. The lowest BCUT2D eigenvalue weighted by Gasteiger charge is -2.34. The Hall–Kier alpha value is -3.34. The van der Waals surface area contributed by atoms with Gasteiger partial charge >= 0.3 is 0 Å². The Morgan fingerprint density at radius 1 is 0.974 bits per heavy atom. The van der Waals surface area contributed by atoms with Crippen molar-refractivity contribution in [2.24, 2.45) is 11.8 Å². The molecule has 3 fully saturated rings. The van der Waals surface area contributed by atoms with E-state index < -0.39 is 0 Å². The number of rotatable bonds is 10. The van der Waals surface area contributed by atoms with Gasteiger partial charge in [-0.2, -0.15) is 0 Å². The van der Waals surface area contributed by atoms with Crippen LogP contribution >= 0.6 is 0 Å². The molecular formula is C33H39N3O3. The number of nitrogens with zero attached hydrogens (tertiary/aromatic N) is 2. The third-order valence-electron chi connectivity index (χ3n) is 8.60. The molecular weight excluding hydrogens is 486 g/mol. The van der Waals surface area contributed by atoms with Crippen LogP contribution < -0.4 is 15.8 Å². The molecule has 0 atom stereocenters. The minimum Gasteiger partial charge on any atom is -0.379 e. The predicted molar refractivity (Wildman–Crippen MR) is 152 cm³/mol. The number of amides is 2. The lowest BCUT2D eigenvalue weighted by atomic mass is 9.95. The number of piperidine rings is 1. The summed E-state index contributed by atoms with van der Waals surface area (Å²) in [7, 11) is 0. The topological polar surface area (TPSA) is 61.9 Å². The maximum Gasteiger partial charge on any atom is 0.253 e. The van der Waals surface area contributed by atoms with E-state index in [1.807, 2.05) is 42.3 Å². The van der Waals surface area contributed by atoms with Gasteiger partial charge in [0.15, 0.2) is 0 Å². The molecule has 0 unspecified atom stereocenters. The van der Waals surface area contributed by atoms with Crippen LogP contribution in [-0.2, 0) is 4.74 Å². The average molecular weight is 526 g/mol. The van der Waals surface area contributed by atoms with Gasteiger partial charge < -0.3 is 19.9 Å². The molecule has 2 aromatic rings. The van der Waals surface area contributed by atoms with Crippen molar-refractivity contribution in [3.8, 4) is 0 Å². The molecule has 0 radical (unpaired) electrons. The first kappa shape index (κ1) is 25.9. The number of fused-ring (bicyclic) bond motifs is 1. The highest BCUT2D eigenvalue weighted by Gasteiger charge is 2.26. The lowest BCUT2D eigenvalue weighted by molar-refractivity contribution is 0.0683. The third kappa shape index (κ3) is 6.29. The number of nitrogens with one attached hydrogen (secondary N) is 1. The maximum atomic E-state index is 13.0. The Labute approximate surface area is 231 Å². The van der Waals surface area contributed by atoms with Gasteiger partial charge in [-0.15, -0.1) is 0 Å². The lowest BCUT2D eigenvalue weighted by Crippen LogP contribution is -2.41. The molecule has 0 aromatic heterocycles. The highest BCUT2D eigenvalue weighted by molar-refractivity contribution is 5.95. The SMILES string of the molecule is Cc1c(C(=O)NCCOCC2CC2)ccc2c1=CN(CC1CCN(C(=O)c3ccc(C4CC4)cc3)CC1)C=C=2. The van der Waals surface area contributed by atoms with Crippen LogP contribution in [0.25, 0.3) is 11.9 Å². The summed E-state index contributed by atoms with van der Waals surface area (Å²) in [6, 6.07) is 12.1. The third-order valence-corrected chi connectivity index (χ3v) is 8.60. The van der Waals surface area contributed by atoms with Gasteiger partial charge in [0.1, 0.15) is 0 Å². The molecule has 1 N–H and O–H groups in total. The first-order chi connectivity index (χ1) is 19.0. The number of hydrogen-bond acceptors (Lipinski definition) is 4. The van der Waals surface area contributed by atoms with Gasteiger partial charge in [0.2, 0.25) is 0 Å². The molecule has 2 saturated carbocycles. The molecule has 6 nitrogen and oxygen atoms in total. The van der Waals surface area contributed by atoms with Crippen LogP contribution in [0.3, 0.4) is 0 Å². The zero-order valence-corrected chi connectivity index (χ0v) is 23.0. The summed E-state index contributed by atoms with van der Waals surface area (Å²) in [4.78, 5) is 30.1. The van der Waals surface area contributed by atoms with Crippen molar-refractivity contribution in [3.63, 3.8) is 0 Å². The molecule has 0 bridgehead atoms. The summed E-state index contributed by atoms with van der Waals surface area (Å²) in [6.07, 6.45) is 11.2. The molecule has 1 saturated heterocycles. The van der Waals surface area contributed by atoms with Crippen molar-refractivity contribution in [2.45, 2.75) is 51.4 Å². The molecule has 0 spiro atoms. The van der Waals surface area contributed by atoms with E-state index >= 15 is 0 Å². The Bertz CT molecular complexity index is 1380. The summed E-state index contributed by atoms with van der Waals surface area (Å²) < 4.78 is 5.64. The van der Waals surface area contributed by atoms with Crippen molar-refractivity contribution in [2.75, 3.05) is 39.4 Å². The molecule has 6 heteroatoms. The fourth-order valence-electron chi connectivity index (χ4n) is 5.71. The number of hydrogen-bond donors (Lipinski definition) is 1. The highest BCUT2D eigenvalue weighted by Crippen LogP contribution is 2.40. The Kier molecular flexibility index (Phi) is 7.58. The van der Waals surface area contributed by atoms with Gasteiger partial charge in [0.25, 0.3) is 11.8 Å². The van der Waals surface area contributed by atoms with Crippen LogP contribution in [0.2, 0.25) is 0 Å². The van der Waals surface area contributed by atoms with E-state index in [-0.39, 0.29) is 11.8 Å². The number of likely N-dealkylation sites (tertiary alicyclic amines) is 1. The summed E-state index contributed by atoms with van der Waals surface area (Å²) >= 11 is 0. The van der Waals surface area contributed by atoms with Crippen LogP contribution in [0, 0.1) is 18.8 Å². The van der Waals surface area contributed by atoms with Gasteiger partial charge in [-0.05, 0) is 98.6 Å². The van der Waals surface area contributed by atoms with Crippen LogP contribution in [0.4, 0.5) is 0 Å². The second-order valence-corrected chi connectivity index (χ2v) is 11.7. The predicted octanol–water partition coefficient (Wildman–Crippen LogP) is 3.53. The summed E-state index contributed by atoms with van der Waals surface area (Å²) in [6.45, 7) is 6.37. The second kappa shape index (κ2) is 11.4. The first-order valence-electron chi connectivity index (χ1n) is 14.6. The van der Waals surface area contributed by atoms with Crippen molar-refractivity contribution in [1.29, 1.82) is 0 Å².